The first-order chi connectivity index (χ1) is 9.25. The molecule has 2 aliphatic heterocycles. The average molecular weight is 259 g/mol. The zero-order valence-electron chi connectivity index (χ0n) is 11.4. The molecule has 0 spiro atoms. The second-order valence-corrected chi connectivity index (χ2v) is 5.56. The topological polar surface area (TPSA) is 35.6 Å². The van der Waals surface area contributed by atoms with Gasteiger partial charge in [0.2, 0.25) is 5.91 Å². The van der Waals surface area contributed by atoms with Crippen molar-refractivity contribution >= 4 is 17.3 Å². The molecule has 2 aliphatic rings. The lowest BCUT2D eigenvalue weighted by atomic mass is 9.98. The van der Waals surface area contributed by atoms with Crippen LogP contribution in [0, 0.1) is 5.92 Å². The molecule has 0 aliphatic carbocycles. The van der Waals surface area contributed by atoms with Crippen molar-refractivity contribution in [2.45, 2.75) is 12.8 Å². The molecule has 1 saturated heterocycles. The van der Waals surface area contributed by atoms with E-state index in [0.717, 1.165) is 31.0 Å². The predicted molar refractivity (Wildman–Crippen MR) is 77.7 cm³/mol. The van der Waals surface area contributed by atoms with E-state index in [1.165, 1.54) is 12.8 Å². The molecule has 102 valence electrons. The second-order valence-electron chi connectivity index (χ2n) is 5.56. The molecule has 4 nitrogen and oxygen atoms in total. The number of para-hydroxylation sites is 2. The van der Waals surface area contributed by atoms with Crippen LogP contribution in [0.25, 0.3) is 0 Å². The number of hydrogen-bond acceptors (Lipinski definition) is 3. The normalized spacial score (nSPS) is 23.4. The number of hydrogen-bond donors (Lipinski definition) is 1. The van der Waals surface area contributed by atoms with Gasteiger partial charge in [-0.2, -0.15) is 0 Å². The third-order valence-electron chi connectivity index (χ3n) is 4.10. The quantitative estimate of drug-likeness (QED) is 0.873. The molecule has 0 bridgehead atoms. The molecule has 1 aromatic rings. The van der Waals surface area contributed by atoms with Crippen LogP contribution in [0.15, 0.2) is 24.3 Å². The van der Waals surface area contributed by atoms with E-state index in [2.05, 4.69) is 17.4 Å². The van der Waals surface area contributed by atoms with Crippen molar-refractivity contribution in [3.8, 4) is 0 Å². The van der Waals surface area contributed by atoms with Gasteiger partial charge in [-0.05, 0) is 44.0 Å². The molecule has 4 heteroatoms. The van der Waals surface area contributed by atoms with Crippen LogP contribution in [0.2, 0.25) is 0 Å². The Kier molecular flexibility index (Phi) is 3.42. The van der Waals surface area contributed by atoms with Gasteiger partial charge < -0.3 is 15.1 Å². The predicted octanol–water partition coefficient (Wildman–Crippen LogP) is 1.47. The van der Waals surface area contributed by atoms with Gasteiger partial charge in [0.05, 0.1) is 17.9 Å². The van der Waals surface area contributed by atoms with Gasteiger partial charge in [0.1, 0.15) is 0 Å². The van der Waals surface area contributed by atoms with Gasteiger partial charge in [0, 0.05) is 13.6 Å². The van der Waals surface area contributed by atoms with E-state index in [1.54, 1.807) is 0 Å². The summed E-state index contributed by atoms with van der Waals surface area (Å²) < 4.78 is 0. The van der Waals surface area contributed by atoms with E-state index < -0.39 is 0 Å². The summed E-state index contributed by atoms with van der Waals surface area (Å²) in [6.45, 7) is 3.47. The summed E-state index contributed by atoms with van der Waals surface area (Å²) >= 11 is 0. The molecule has 0 radical (unpaired) electrons. The first-order valence-electron chi connectivity index (χ1n) is 7.07. The van der Waals surface area contributed by atoms with Crippen molar-refractivity contribution in [2.75, 3.05) is 43.0 Å². The van der Waals surface area contributed by atoms with E-state index in [4.69, 9.17) is 0 Å². The Morgan fingerprint density at radius 3 is 2.84 bits per heavy atom. The van der Waals surface area contributed by atoms with E-state index in [0.29, 0.717) is 12.5 Å². The number of amides is 1. The number of piperidine rings is 1. The van der Waals surface area contributed by atoms with Crippen LogP contribution in [0.1, 0.15) is 12.8 Å². The van der Waals surface area contributed by atoms with Crippen LogP contribution in [0.5, 0.6) is 0 Å². The fourth-order valence-electron chi connectivity index (χ4n) is 3.06. The first-order valence-corrected chi connectivity index (χ1v) is 7.07. The molecule has 0 aromatic heterocycles. The minimum Gasteiger partial charge on any atom is -0.364 e. The lowest BCUT2D eigenvalue weighted by Gasteiger charge is -2.37. The Hall–Kier alpha value is -1.55. The number of rotatable bonds is 2. The standard InChI is InChI=1S/C15H21N3O/c1-17-11-15(19)18(10-12-5-4-8-16-9-12)14-7-3-2-6-13(14)17/h2-3,6-7,12,16H,4-5,8-11H2,1H3. The van der Waals surface area contributed by atoms with Crippen LogP contribution in [0.3, 0.4) is 0 Å². The Morgan fingerprint density at radius 2 is 2.11 bits per heavy atom. The van der Waals surface area contributed by atoms with Gasteiger partial charge in [-0.25, -0.2) is 0 Å². The maximum absolute atomic E-state index is 12.3. The summed E-state index contributed by atoms with van der Waals surface area (Å²) in [5.74, 6) is 0.793. The lowest BCUT2D eigenvalue weighted by Crippen LogP contribution is -2.48. The summed E-state index contributed by atoms with van der Waals surface area (Å²) in [5.41, 5.74) is 2.22. The number of nitrogens with one attached hydrogen (secondary N) is 1. The zero-order valence-corrected chi connectivity index (χ0v) is 11.4. The molecule has 3 rings (SSSR count). The number of fused-ring (bicyclic) bond motifs is 1. The second kappa shape index (κ2) is 5.21. The summed E-state index contributed by atoms with van der Waals surface area (Å²) in [6, 6.07) is 8.19. The Balaban J connectivity index is 1.83. The molecular formula is C15H21N3O. The van der Waals surface area contributed by atoms with Crippen LogP contribution < -0.4 is 15.1 Å². The van der Waals surface area contributed by atoms with Gasteiger partial charge in [0.25, 0.3) is 0 Å². The number of carbonyl (C=O) groups is 1. The van der Waals surface area contributed by atoms with Crippen LogP contribution in [0.4, 0.5) is 11.4 Å². The van der Waals surface area contributed by atoms with Crippen LogP contribution >= 0.6 is 0 Å². The molecule has 0 saturated carbocycles. The largest absolute Gasteiger partial charge is 0.364 e. The van der Waals surface area contributed by atoms with Gasteiger partial charge in [-0.1, -0.05) is 12.1 Å². The Bertz CT molecular complexity index is 468. The Labute approximate surface area is 114 Å². The zero-order chi connectivity index (χ0) is 13.2. The van der Waals surface area contributed by atoms with E-state index in [9.17, 15) is 4.79 Å². The lowest BCUT2D eigenvalue weighted by molar-refractivity contribution is -0.117. The van der Waals surface area contributed by atoms with E-state index in [-0.39, 0.29) is 5.91 Å². The maximum Gasteiger partial charge on any atom is 0.246 e. The highest BCUT2D eigenvalue weighted by atomic mass is 16.2. The van der Waals surface area contributed by atoms with Gasteiger partial charge in [-0.15, -0.1) is 0 Å². The smallest absolute Gasteiger partial charge is 0.246 e. The number of nitrogens with zero attached hydrogens (tertiary/aromatic N) is 2. The molecule has 1 N–H and O–H groups in total. The summed E-state index contributed by atoms with van der Waals surface area (Å²) in [5, 5.41) is 3.42. The SMILES string of the molecule is CN1CC(=O)N(CC2CCCNC2)c2ccccc21. The minimum atomic E-state index is 0.215. The molecule has 1 amide bonds. The summed E-state index contributed by atoms with van der Waals surface area (Å²) in [7, 11) is 1.98. The maximum atomic E-state index is 12.3. The molecule has 1 atom stereocenters. The van der Waals surface area contributed by atoms with E-state index in [1.807, 2.05) is 29.0 Å². The Morgan fingerprint density at radius 1 is 1.32 bits per heavy atom. The van der Waals surface area contributed by atoms with E-state index >= 15 is 0 Å². The van der Waals surface area contributed by atoms with Gasteiger partial charge >= 0.3 is 0 Å². The molecule has 19 heavy (non-hydrogen) atoms. The third kappa shape index (κ3) is 2.45. The van der Waals surface area contributed by atoms with Crippen molar-refractivity contribution in [2.24, 2.45) is 5.92 Å². The number of anilines is 2. The van der Waals surface area contributed by atoms with Crippen molar-refractivity contribution in [3.05, 3.63) is 24.3 Å². The van der Waals surface area contributed by atoms with Gasteiger partial charge in [0.15, 0.2) is 0 Å². The highest BCUT2D eigenvalue weighted by Gasteiger charge is 2.29. The summed E-state index contributed by atoms with van der Waals surface area (Å²) in [4.78, 5) is 16.3. The number of carbonyl (C=O) groups excluding carboxylic acids is 1. The molecule has 1 aromatic carbocycles. The van der Waals surface area contributed by atoms with Crippen LogP contribution in [-0.2, 0) is 4.79 Å². The summed E-state index contributed by atoms with van der Waals surface area (Å²) in [6.07, 6.45) is 2.43. The highest BCUT2D eigenvalue weighted by molar-refractivity contribution is 6.03. The molecule has 1 fully saturated rings. The molecule has 2 heterocycles. The molecule has 1 unspecified atom stereocenters. The first kappa shape index (κ1) is 12.5. The number of benzene rings is 1. The third-order valence-corrected chi connectivity index (χ3v) is 4.10. The fraction of sp³-hybridized carbons (Fsp3) is 0.533. The average Bonchev–Trinajstić information content (AvgIpc) is 2.45. The van der Waals surface area contributed by atoms with Gasteiger partial charge in [-0.3, -0.25) is 4.79 Å². The monoisotopic (exact) mass is 259 g/mol. The number of likely N-dealkylation sites (N-methyl/N-ethyl adjacent to an activating group) is 1. The minimum absolute atomic E-state index is 0.215. The van der Waals surface area contributed by atoms with Crippen molar-refractivity contribution in [1.82, 2.24) is 5.32 Å². The van der Waals surface area contributed by atoms with Crippen molar-refractivity contribution in [1.29, 1.82) is 0 Å². The highest BCUT2D eigenvalue weighted by Crippen LogP contribution is 2.33. The molecular weight excluding hydrogens is 238 g/mol. The van der Waals surface area contributed by atoms with Crippen molar-refractivity contribution < 1.29 is 4.79 Å². The fourth-order valence-corrected chi connectivity index (χ4v) is 3.06. The van der Waals surface area contributed by atoms with Crippen molar-refractivity contribution in [3.63, 3.8) is 0 Å². The van der Waals surface area contributed by atoms with Crippen LogP contribution in [-0.4, -0.2) is 39.1 Å².